The largest absolute Gasteiger partial charge is 0.451 e. The Hall–Kier alpha value is -3.08. The molecule has 1 saturated heterocycles. The van der Waals surface area contributed by atoms with Crippen LogP contribution in [0, 0.1) is 6.92 Å². The summed E-state index contributed by atoms with van der Waals surface area (Å²) in [4.78, 5) is 27.6. The number of carbonyl (C=O) groups excluding carboxylic acids is 2. The van der Waals surface area contributed by atoms with E-state index in [9.17, 15) is 9.59 Å². The highest BCUT2D eigenvalue weighted by Gasteiger charge is 2.23. The summed E-state index contributed by atoms with van der Waals surface area (Å²) in [5.41, 5.74) is 2.50. The Morgan fingerprint density at radius 2 is 1.67 bits per heavy atom. The highest BCUT2D eigenvalue weighted by molar-refractivity contribution is 6.10. The Kier molecular flexibility index (Phi) is 4.67. The van der Waals surface area contributed by atoms with Crippen LogP contribution in [0.25, 0.3) is 11.0 Å². The minimum atomic E-state index is -0.345. The van der Waals surface area contributed by atoms with E-state index in [-0.39, 0.29) is 17.6 Å². The van der Waals surface area contributed by atoms with Crippen LogP contribution in [0.5, 0.6) is 0 Å². The zero-order valence-corrected chi connectivity index (χ0v) is 15.3. The van der Waals surface area contributed by atoms with Crippen LogP contribution < -0.4 is 5.32 Å². The smallest absolute Gasteiger partial charge is 0.291 e. The van der Waals surface area contributed by atoms with Gasteiger partial charge >= 0.3 is 0 Å². The van der Waals surface area contributed by atoms with Crippen LogP contribution in [0.4, 0.5) is 5.69 Å². The first-order valence-electron chi connectivity index (χ1n) is 9.33. The lowest BCUT2D eigenvalue weighted by atomic mass is 10.1. The van der Waals surface area contributed by atoms with Gasteiger partial charge in [0.05, 0.1) is 11.3 Å². The number of furan rings is 1. The molecule has 0 saturated carbocycles. The molecule has 0 bridgehead atoms. The topological polar surface area (TPSA) is 62.6 Å². The summed E-state index contributed by atoms with van der Waals surface area (Å²) in [6.45, 7) is 3.40. The van der Waals surface area contributed by atoms with Crippen LogP contribution in [0.3, 0.4) is 0 Å². The molecule has 0 atom stereocenters. The quantitative estimate of drug-likeness (QED) is 0.739. The van der Waals surface area contributed by atoms with Crippen LogP contribution in [0.1, 0.15) is 45.7 Å². The van der Waals surface area contributed by atoms with Crippen molar-refractivity contribution < 1.29 is 14.0 Å². The molecule has 5 heteroatoms. The molecule has 2 aromatic carbocycles. The Morgan fingerprint density at radius 3 is 2.44 bits per heavy atom. The van der Waals surface area contributed by atoms with Gasteiger partial charge in [0.25, 0.3) is 11.8 Å². The maximum absolute atomic E-state index is 12.9. The van der Waals surface area contributed by atoms with Crippen molar-refractivity contribution in [3.63, 3.8) is 0 Å². The molecule has 1 aromatic heterocycles. The van der Waals surface area contributed by atoms with E-state index in [1.165, 1.54) is 0 Å². The van der Waals surface area contributed by atoms with Crippen LogP contribution in [-0.2, 0) is 0 Å². The molecule has 5 nitrogen and oxygen atoms in total. The van der Waals surface area contributed by atoms with Crippen LogP contribution >= 0.6 is 0 Å². The zero-order chi connectivity index (χ0) is 18.8. The summed E-state index contributed by atoms with van der Waals surface area (Å²) in [5.74, 6) is -0.106. The number of hydrogen-bond acceptors (Lipinski definition) is 3. The standard InChI is InChI=1S/C22H22N2O3/c1-15-16-9-4-6-12-19(16)27-20(15)21(25)23-18-11-5-3-10-17(18)22(26)24-13-7-2-8-14-24/h3-6,9-12H,2,7-8,13-14H2,1H3,(H,23,25). The Labute approximate surface area is 158 Å². The predicted octanol–water partition coefficient (Wildman–Crippen LogP) is 4.62. The van der Waals surface area contributed by atoms with E-state index in [0.717, 1.165) is 43.3 Å². The van der Waals surface area contributed by atoms with Gasteiger partial charge in [-0.1, -0.05) is 30.3 Å². The van der Waals surface area contributed by atoms with E-state index in [0.29, 0.717) is 16.8 Å². The molecule has 1 aliphatic heterocycles. The number of aryl methyl sites for hydroxylation is 1. The molecule has 0 spiro atoms. The van der Waals surface area contributed by atoms with E-state index in [1.54, 1.807) is 12.1 Å². The highest BCUT2D eigenvalue weighted by Crippen LogP contribution is 2.26. The van der Waals surface area contributed by atoms with Crippen molar-refractivity contribution in [2.45, 2.75) is 26.2 Å². The van der Waals surface area contributed by atoms with E-state index >= 15 is 0 Å². The van der Waals surface area contributed by atoms with Gasteiger partial charge in [0.15, 0.2) is 5.76 Å². The molecule has 3 aromatic rings. The number of fused-ring (bicyclic) bond motifs is 1. The lowest BCUT2D eigenvalue weighted by Crippen LogP contribution is -2.36. The second-order valence-corrected chi connectivity index (χ2v) is 6.90. The summed E-state index contributed by atoms with van der Waals surface area (Å²) in [6, 6.07) is 14.7. The molecule has 4 rings (SSSR count). The molecular formula is C22H22N2O3. The molecular weight excluding hydrogens is 340 g/mol. The molecule has 2 heterocycles. The van der Waals surface area contributed by atoms with Crippen LogP contribution in [-0.4, -0.2) is 29.8 Å². The molecule has 0 radical (unpaired) electrons. The van der Waals surface area contributed by atoms with Gasteiger partial charge in [-0.15, -0.1) is 0 Å². The average molecular weight is 362 g/mol. The summed E-state index contributed by atoms with van der Waals surface area (Å²) in [7, 11) is 0. The van der Waals surface area contributed by atoms with E-state index in [1.807, 2.05) is 48.2 Å². The normalized spacial score (nSPS) is 14.3. The van der Waals surface area contributed by atoms with E-state index in [2.05, 4.69) is 5.32 Å². The summed E-state index contributed by atoms with van der Waals surface area (Å²) in [6.07, 6.45) is 3.21. The number of likely N-dealkylation sites (tertiary alicyclic amines) is 1. The van der Waals surface area contributed by atoms with Crippen molar-refractivity contribution in [1.29, 1.82) is 0 Å². The number of benzene rings is 2. The van der Waals surface area contributed by atoms with Crippen molar-refractivity contribution in [1.82, 2.24) is 4.90 Å². The molecule has 1 aliphatic rings. The summed E-state index contributed by atoms with van der Waals surface area (Å²) < 4.78 is 5.74. The fraction of sp³-hybridized carbons (Fsp3) is 0.273. The van der Waals surface area contributed by atoms with Gasteiger partial charge in [-0.25, -0.2) is 0 Å². The second kappa shape index (κ2) is 7.27. The minimum absolute atomic E-state index is 0.0353. The molecule has 0 unspecified atom stereocenters. The number of para-hydroxylation sites is 2. The summed E-state index contributed by atoms with van der Waals surface area (Å²) >= 11 is 0. The fourth-order valence-corrected chi connectivity index (χ4v) is 3.62. The predicted molar refractivity (Wildman–Crippen MR) is 105 cm³/mol. The van der Waals surface area contributed by atoms with Gasteiger partial charge in [-0.2, -0.15) is 0 Å². The highest BCUT2D eigenvalue weighted by atomic mass is 16.3. The molecule has 1 N–H and O–H groups in total. The number of piperidine rings is 1. The maximum Gasteiger partial charge on any atom is 0.291 e. The Balaban J connectivity index is 1.61. The molecule has 2 amide bonds. The van der Waals surface area contributed by atoms with Crippen LogP contribution in [0.2, 0.25) is 0 Å². The first-order valence-corrected chi connectivity index (χ1v) is 9.33. The van der Waals surface area contributed by atoms with Gasteiger partial charge in [0.1, 0.15) is 5.58 Å². The van der Waals surface area contributed by atoms with Gasteiger partial charge in [-0.05, 0) is 44.4 Å². The van der Waals surface area contributed by atoms with Gasteiger partial charge in [0.2, 0.25) is 0 Å². The van der Waals surface area contributed by atoms with Crippen molar-refractivity contribution in [3.8, 4) is 0 Å². The van der Waals surface area contributed by atoms with Crippen molar-refractivity contribution in [2.24, 2.45) is 0 Å². The minimum Gasteiger partial charge on any atom is -0.451 e. The van der Waals surface area contributed by atoms with E-state index in [4.69, 9.17) is 4.42 Å². The third-order valence-corrected chi connectivity index (χ3v) is 5.10. The van der Waals surface area contributed by atoms with Crippen LogP contribution in [0.15, 0.2) is 52.9 Å². The maximum atomic E-state index is 12.9. The van der Waals surface area contributed by atoms with Gasteiger partial charge in [-0.3, -0.25) is 9.59 Å². The Morgan fingerprint density at radius 1 is 0.963 bits per heavy atom. The van der Waals surface area contributed by atoms with Gasteiger partial charge < -0.3 is 14.6 Å². The first kappa shape index (κ1) is 17.3. The number of amides is 2. The summed E-state index contributed by atoms with van der Waals surface area (Å²) in [5, 5.41) is 3.79. The second-order valence-electron chi connectivity index (χ2n) is 6.90. The van der Waals surface area contributed by atoms with Crippen molar-refractivity contribution >= 4 is 28.5 Å². The monoisotopic (exact) mass is 362 g/mol. The number of hydrogen-bond donors (Lipinski definition) is 1. The van der Waals surface area contributed by atoms with Crippen molar-refractivity contribution in [2.75, 3.05) is 18.4 Å². The van der Waals surface area contributed by atoms with Crippen molar-refractivity contribution in [3.05, 3.63) is 65.4 Å². The number of anilines is 1. The van der Waals surface area contributed by atoms with E-state index < -0.39 is 0 Å². The molecule has 1 fully saturated rings. The molecule has 27 heavy (non-hydrogen) atoms. The number of nitrogens with one attached hydrogen (secondary N) is 1. The molecule has 0 aliphatic carbocycles. The average Bonchev–Trinajstić information content (AvgIpc) is 3.06. The number of rotatable bonds is 3. The van der Waals surface area contributed by atoms with Gasteiger partial charge in [0, 0.05) is 24.0 Å². The molecule has 138 valence electrons. The number of carbonyl (C=O) groups is 2. The Bertz CT molecular complexity index is 1000. The zero-order valence-electron chi connectivity index (χ0n) is 15.3. The lowest BCUT2D eigenvalue weighted by molar-refractivity contribution is 0.0725. The lowest BCUT2D eigenvalue weighted by Gasteiger charge is -2.27. The fourth-order valence-electron chi connectivity index (χ4n) is 3.62. The first-order chi connectivity index (χ1) is 13.1. The SMILES string of the molecule is Cc1c(C(=O)Nc2ccccc2C(=O)N2CCCCC2)oc2ccccc12. The number of nitrogens with zero attached hydrogens (tertiary/aromatic N) is 1. The third kappa shape index (κ3) is 3.33. The third-order valence-electron chi connectivity index (χ3n) is 5.10.